The molecular formula is C12H17N3O. The van der Waals surface area contributed by atoms with Crippen molar-refractivity contribution in [2.24, 2.45) is 10.9 Å². The van der Waals surface area contributed by atoms with Crippen LogP contribution in [0.25, 0.3) is 0 Å². The van der Waals surface area contributed by atoms with Gasteiger partial charge in [0.05, 0.1) is 0 Å². The van der Waals surface area contributed by atoms with Crippen LogP contribution in [0.15, 0.2) is 17.3 Å². The second-order valence-corrected chi connectivity index (χ2v) is 4.27. The van der Waals surface area contributed by atoms with Gasteiger partial charge in [0, 0.05) is 24.6 Å². The molecule has 0 amide bonds. The first-order valence-electron chi connectivity index (χ1n) is 5.75. The van der Waals surface area contributed by atoms with Crippen molar-refractivity contribution in [3.63, 3.8) is 0 Å². The highest BCUT2D eigenvalue weighted by Crippen LogP contribution is 2.23. The van der Waals surface area contributed by atoms with E-state index in [9.17, 15) is 0 Å². The summed E-state index contributed by atoms with van der Waals surface area (Å²) < 4.78 is 0. The molecule has 1 aliphatic carbocycles. The number of aryl methyl sites for hydroxylation is 1. The maximum absolute atomic E-state index is 9.04. The normalized spacial score (nSPS) is 20.9. The molecule has 1 fully saturated rings. The van der Waals surface area contributed by atoms with E-state index in [-0.39, 0.29) is 0 Å². The Labute approximate surface area is 95.5 Å². The topological polar surface area (TPSA) is 58.4 Å². The molecule has 1 aliphatic rings. The predicted molar refractivity (Wildman–Crippen MR) is 62.9 cm³/mol. The molecule has 0 aliphatic heterocycles. The number of hydrogen-bond acceptors (Lipinski definition) is 4. The molecule has 0 spiro atoms. The zero-order valence-corrected chi connectivity index (χ0v) is 9.56. The summed E-state index contributed by atoms with van der Waals surface area (Å²) in [6, 6.07) is 1.83. The lowest BCUT2D eigenvalue weighted by Crippen LogP contribution is -2.16. The van der Waals surface area contributed by atoms with Crippen molar-refractivity contribution in [3.8, 4) is 0 Å². The predicted octanol–water partition coefficient (Wildman–Crippen LogP) is 2.04. The maximum atomic E-state index is 9.04. The number of nitrogens with zero attached hydrogens (tertiary/aromatic N) is 3. The van der Waals surface area contributed by atoms with Gasteiger partial charge in [0.1, 0.15) is 5.82 Å². The van der Waals surface area contributed by atoms with Crippen molar-refractivity contribution >= 4 is 11.5 Å². The summed E-state index contributed by atoms with van der Waals surface area (Å²) in [7, 11) is 0. The highest BCUT2D eigenvalue weighted by molar-refractivity contribution is 5.87. The van der Waals surface area contributed by atoms with Crippen LogP contribution in [0.5, 0.6) is 0 Å². The number of aromatic nitrogens is 2. The van der Waals surface area contributed by atoms with E-state index in [1.54, 1.807) is 6.20 Å². The van der Waals surface area contributed by atoms with Crippen molar-refractivity contribution in [1.82, 2.24) is 9.97 Å². The fraction of sp³-hybridized carbons (Fsp3) is 0.583. The van der Waals surface area contributed by atoms with Crippen molar-refractivity contribution < 1.29 is 5.11 Å². The minimum atomic E-state index is 0.305. The molecule has 1 saturated carbocycles. The molecule has 0 saturated heterocycles. The van der Waals surface area contributed by atoms with Crippen LogP contribution in [-0.4, -0.2) is 27.4 Å². The zero-order chi connectivity index (χ0) is 11.4. The molecule has 0 bridgehead atoms. The second-order valence-electron chi connectivity index (χ2n) is 4.27. The molecule has 1 aromatic rings. The van der Waals surface area contributed by atoms with Crippen LogP contribution in [0.1, 0.15) is 31.5 Å². The van der Waals surface area contributed by atoms with E-state index in [1.165, 1.54) is 5.71 Å². The summed E-state index contributed by atoms with van der Waals surface area (Å²) in [6.07, 6.45) is 5.78. The lowest BCUT2D eigenvalue weighted by Gasteiger charge is -2.20. The Bertz CT molecular complexity index is 380. The fourth-order valence-electron chi connectivity index (χ4n) is 1.97. The van der Waals surface area contributed by atoms with Crippen LogP contribution >= 0.6 is 0 Å². The largest absolute Gasteiger partial charge is 0.396 e. The minimum absolute atomic E-state index is 0.305. The lowest BCUT2D eigenvalue weighted by molar-refractivity contribution is 0.209. The van der Waals surface area contributed by atoms with Gasteiger partial charge in [-0.2, -0.15) is 0 Å². The van der Waals surface area contributed by atoms with Gasteiger partial charge in [-0.25, -0.2) is 15.0 Å². The van der Waals surface area contributed by atoms with E-state index in [2.05, 4.69) is 15.0 Å². The van der Waals surface area contributed by atoms with Gasteiger partial charge in [-0.05, 0) is 38.5 Å². The molecule has 4 nitrogen and oxygen atoms in total. The monoisotopic (exact) mass is 219 g/mol. The van der Waals surface area contributed by atoms with Crippen LogP contribution in [0.2, 0.25) is 0 Å². The third-order valence-electron chi connectivity index (χ3n) is 2.97. The number of rotatable bonds is 2. The van der Waals surface area contributed by atoms with E-state index >= 15 is 0 Å². The van der Waals surface area contributed by atoms with Gasteiger partial charge in [0.25, 0.3) is 0 Å². The van der Waals surface area contributed by atoms with Crippen LogP contribution in [-0.2, 0) is 0 Å². The van der Waals surface area contributed by atoms with E-state index in [4.69, 9.17) is 5.11 Å². The van der Waals surface area contributed by atoms with Gasteiger partial charge in [-0.1, -0.05) is 0 Å². The van der Waals surface area contributed by atoms with Crippen molar-refractivity contribution in [1.29, 1.82) is 0 Å². The van der Waals surface area contributed by atoms with Gasteiger partial charge in [0.2, 0.25) is 0 Å². The van der Waals surface area contributed by atoms with E-state index < -0.39 is 0 Å². The quantitative estimate of drug-likeness (QED) is 0.828. The van der Waals surface area contributed by atoms with Gasteiger partial charge >= 0.3 is 0 Å². The number of aliphatic imine (C=N–C) groups is 1. The standard InChI is InChI=1S/C12H17N3O/c1-9-13-7-6-12(14-9)15-11-4-2-10(8-16)3-5-11/h6-7,10,16H,2-5,8H2,1H3. The number of hydrogen-bond donors (Lipinski definition) is 1. The first-order chi connectivity index (χ1) is 7.78. The van der Waals surface area contributed by atoms with Gasteiger partial charge in [0.15, 0.2) is 5.82 Å². The summed E-state index contributed by atoms with van der Waals surface area (Å²) in [5.74, 6) is 1.97. The SMILES string of the molecule is Cc1nccc(N=C2CCC(CO)CC2)n1. The average Bonchev–Trinajstić information content (AvgIpc) is 2.30. The molecule has 0 aromatic carbocycles. The minimum Gasteiger partial charge on any atom is -0.396 e. The Morgan fingerprint density at radius 3 is 2.81 bits per heavy atom. The summed E-state index contributed by atoms with van der Waals surface area (Å²) in [5.41, 5.74) is 1.20. The van der Waals surface area contributed by atoms with Gasteiger partial charge in [-0.15, -0.1) is 0 Å². The summed E-state index contributed by atoms with van der Waals surface area (Å²) in [6.45, 7) is 2.17. The Kier molecular flexibility index (Phi) is 3.62. The van der Waals surface area contributed by atoms with Crippen molar-refractivity contribution in [2.75, 3.05) is 6.61 Å². The number of aliphatic hydroxyl groups excluding tert-OH is 1. The van der Waals surface area contributed by atoms with Crippen LogP contribution in [0.4, 0.5) is 5.82 Å². The molecule has 16 heavy (non-hydrogen) atoms. The van der Waals surface area contributed by atoms with Crippen LogP contribution < -0.4 is 0 Å². The van der Waals surface area contributed by atoms with Gasteiger partial charge < -0.3 is 5.11 Å². The zero-order valence-electron chi connectivity index (χ0n) is 9.56. The van der Waals surface area contributed by atoms with Gasteiger partial charge in [-0.3, -0.25) is 0 Å². The second kappa shape index (κ2) is 5.16. The number of aliphatic hydroxyl groups is 1. The van der Waals surface area contributed by atoms with E-state index in [1.807, 2.05) is 13.0 Å². The first-order valence-corrected chi connectivity index (χ1v) is 5.75. The van der Waals surface area contributed by atoms with Crippen LogP contribution in [0, 0.1) is 12.8 Å². The fourth-order valence-corrected chi connectivity index (χ4v) is 1.97. The molecule has 2 rings (SSSR count). The molecule has 1 heterocycles. The molecule has 0 unspecified atom stereocenters. The molecule has 1 aromatic heterocycles. The van der Waals surface area contributed by atoms with Crippen LogP contribution in [0.3, 0.4) is 0 Å². The van der Waals surface area contributed by atoms with E-state index in [0.29, 0.717) is 12.5 Å². The highest BCUT2D eigenvalue weighted by atomic mass is 16.3. The van der Waals surface area contributed by atoms with Crippen molar-refractivity contribution in [3.05, 3.63) is 18.1 Å². The summed E-state index contributed by atoms with van der Waals surface area (Å²) >= 11 is 0. The Hall–Kier alpha value is -1.29. The van der Waals surface area contributed by atoms with E-state index in [0.717, 1.165) is 37.3 Å². The van der Waals surface area contributed by atoms with Crippen molar-refractivity contribution in [2.45, 2.75) is 32.6 Å². The third-order valence-corrected chi connectivity index (χ3v) is 2.97. The summed E-state index contributed by atoms with van der Waals surface area (Å²) in [4.78, 5) is 12.8. The smallest absolute Gasteiger partial charge is 0.155 e. The first kappa shape index (κ1) is 11.2. The molecule has 0 atom stereocenters. The highest BCUT2D eigenvalue weighted by Gasteiger charge is 2.16. The molecule has 4 heteroatoms. The third kappa shape index (κ3) is 2.85. The Balaban J connectivity index is 2.03. The molecule has 1 N–H and O–H groups in total. The maximum Gasteiger partial charge on any atom is 0.155 e. The lowest BCUT2D eigenvalue weighted by atomic mass is 9.88. The molecule has 86 valence electrons. The Morgan fingerprint density at radius 2 is 2.19 bits per heavy atom. The average molecular weight is 219 g/mol. The molecule has 0 radical (unpaired) electrons. The molecular weight excluding hydrogens is 202 g/mol. The summed E-state index contributed by atoms with van der Waals surface area (Å²) in [5, 5.41) is 9.04. The Morgan fingerprint density at radius 1 is 1.44 bits per heavy atom.